The Hall–Kier alpha value is -0.190. The van der Waals surface area contributed by atoms with Gasteiger partial charge in [-0.3, -0.25) is 4.79 Å². The molecule has 6 nitrogen and oxygen atoms in total. The number of sulfonamides is 1. The van der Waals surface area contributed by atoms with Crippen LogP contribution in [-0.4, -0.2) is 45.4 Å². The van der Waals surface area contributed by atoms with Gasteiger partial charge >= 0.3 is 0 Å². The van der Waals surface area contributed by atoms with Crippen LogP contribution in [0.1, 0.15) is 6.92 Å². The largest absolute Gasteiger partial charge is 0.341 e. The van der Waals surface area contributed by atoms with Gasteiger partial charge in [0.25, 0.3) is 10.0 Å². The van der Waals surface area contributed by atoms with Gasteiger partial charge < -0.3 is 10.6 Å². The third-order valence-corrected chi connectivity index (χ3v) is 6.14. The van der Waals surface area contributed by atoms with E-state index in [1.54, 1.807) is 20.0 Å². The highest BCUT2D eigenvalue weighted by molar-refractivity contribution is 9.11. The van der Waals surface area contributed by atoms with Crippen LogP contribution in [0.15, 0.2) is 20.1 Å². The molecule has 0 aliphatic heterocycles. The molecule has 0 fully saturated rings. The molecule has 1 unspecified atom stereocenters. The molecule has 20 heavy (non-hydrogen) atoms. The summed E-state index contributed by atoms with van der Waals surface area (Å²) >= 11 is 4.28. The lowest BCUT2D eigenvalue weighted by Gasteiger charge is -2.23. The number of carbonyl (C=O) groups excluding carboxylic acids is 1. The molecule has 1 aromatic heterocycles. The van der Waals surface area contributed by atoms with Crippen LogP contribution >= 0.6 is 39.7 Å². The van der Waals surface area contributed by atoms with Crippen molar-refractivity contribution in [2.24, 2.45) is 5.73 Å². The highest BCUT2D eigenvalue weighted by atomic mass is 79.9. The lowest BCUT2D eigenvalue weighted by molar-refractivity contribution is -0.130. The third kappa shape index (κ3) is 5.30. The number of amides is 1. The second-order valence-electron chi connectivity index (χ2n) is 3.97. The Morgan fingerprint density at radius 1 is 1.55 bits per heavy atom. The number of likely N-dealkylation sites (N-methyl/N-ethyl adjacent to an activating group) is 1. The minimum atomic E-state index is -3.64. The summed E-state index contributed by atoms with van der Waals surface area (Å²) in [5.74, 6) is -0.322. The van der Waals surface area contributed by atoms with Gasteiger partial charge in [0, 0.05) is 19.6 Å². The molecular weight excluding hydrogens is 390 g/mol. The Balaban J connectivity index is 0.00000361. The van der Waals surface area contributed by atoms with E-state index in [0.717, 1.165) is 11.3 Å². The van der Waals surface area contributed by atoms with E-state index in [1.807, 2.05) is 0 Å². The third-order valence-electron chi connectivity index (χ3n) is 2.62. The minimum absolute atomic E-state index is 0. The maximum atomic E-state index is 11.9. The molecule has 0 aromatic carbocycles. The summed E-state index contributed by atoms with van der Waals surface area (Å²) in [5.41, 5.74) is 5.45. The Morgan fingerprint density at radius 2 is 2.15 bits per heavy atom. The van der Waals surface area contributed by atoms with Crippen molar-refractivity contribution >= 4 is 55.6 Å². The lowest BCUT2D eigenvalue weighted by atomic mass is 10.3. The molecular formula is C10H17BrClN3O3S2. The molecule has 0 spiro atoms. The van der Waals surface area contributed by atoms with Crippen LogP contribution in [0.5, 0.6) is 0 Å². The maximum Gasteiger partial charge on any atom is 0.250 e. The van der Waals surface area contributed by atoms with Crippen molar-refractivity contribution in [3.05, 3.63) is 15.9 Å². The van der Waals surface area contributed by atoms with E-state index in [-0.39, 0.29) is 35.1 Å². The van der Waals surface area contributed by atoms with Gasteiger partial charge in [-0.1, -0.05) is 0 Å². The van der Waals surface area contributed by atoms with E-state index < -0.39 is 10.0 Å². The predicted molar refractivity (Wildman–Crippen MR) is 85.7 cm³/mol. The standard InChI is InChI=1S/C10H16BrN3O3S2.ClH/c1-7(5-12)14(2)9(15)6-13-19(16,17)10-4-3-8(11)18-10;/h3-4,7,13H,5-6,12H2,1-2H3;1H. The van der Waals surface area contributed by atoms with Crippen molar-refractivity contribution in [2.75, 3.05) is 20.1 Å². The molecule has 0 saturated heterocycles. The average Bonchev–Trinajstić information content (AvgIpc) is 2.81. The molecule has 0 saturated carbocycles. The highest BCUT2D eigenvalue weighted by Gasteiger charge is 2.20. The number of nitrogens with two attached hydrogens (primary N) is 1. The topological polar surface area (TPSA) is 92.5 Å². The van der Waals surface area contributed by atoms with E-state index >= 15 is 0 Å². The van der Waals surface area contributed by atoms with E-state index in [2.05, 4.69) is 20.7 Å². The van der Waals surface area contributed by atoms with Gasteiger partial charge in [0.1, 0.15) is 4.21 Å². The summed E-state index contributed by atoms with van der Waals surface area (Å²) in [6, 6.07) is 2.99. The summed E-state index contributed by atoms with van der Waals surface area (Å²) < 4.78 is 27.0. The first-order valence-corrected chi connectivity index (χ1v) is 8.58. The second kappa shape index (κ2) is 8.30. The molecule has 3 N–H and O–H groups in total. The molecule has 1 amide bonds. The molecule has 116 valence electrons. The fraction of sp³-hybridized carbons (Fsp3) is 0.500. The van der Waals surface area contributed by atoms with Crippen LogP contribution in [0.2, 0.25) is 0 Å². The fourth-order valence-corrected chi connectivity index (χ4v) is 4.23. The van der Waals surface area contributed by atoms with Gasteiger partial charge in [0.15, 0.2) is 0 Å². The monoisotopic (exact) mass is 405 g/mol. The number of rotatable bonds is 6. The molecule has 1 heterocycles. The number of carbonyl (C=O) groups is 1. The number of hydrogen-bond donors (Lipinski definition) is 2. The van der Waals surface area contributed by atoms with Crippen LogP contribution in [0.3, 0.4) is 0 Å². The quantitative estimate of drug-likeness (QED) is 0.737. The number of nitrogens with one attached hydrogen (secondary N) is 1. The van der Waals surface area contributed by atoms with Crippen LogP contribution < -0.4 is 10.5 Å². The van der Waals surface area contributed by atoms with Crippen LogP contribution in [0, 0.1) is 0 Å². The van der Waals surface area contributed by atoms with Gasteiger partial charge in [-0.2, -0.15) is 0 Å². The van der Waals surface area contributed by atoms with Crippen molar-refractivity contribution in [3.8, 4) is 0 Å². The minimum Gasteiger partial charge on any atom is -0.341 e. The Bertz CT molecular complexity index is 550. The maximum absolute atomic E-state index is 11.9. The molecule has 1 atom stereocenters. The Labute approximate surface area is 137 Å². The van der Waals surface area contributed by atoms with Crippen molar-refractivity contribution in [3.63, 3.8) is 0 Å². The van der Waals surface area contributed by atoms with Gasteiger partial charge in [0.05, 0.1) is 10.3 Å². The van der Waals surface area contributed by atoms with Gasteiger partial charge in [-0.25, -0.2) is 13.1 Å². The zero-order valence-corrected chi connectivity index (χ0v) is 15.0. The Morgan fingerprint density at radius 3 is 2.60 bits per heavy atom. The van der Waals surface area contributed by atoms with Crippen LogP contribution in [-0.2, 0) is 14.8 Å². The first-order chi connectivity index (χ1) is 8.77. The molecule has 0 aliphatic rings. The van der Waals surface area contributed by atoms with Gasteiger partial charge in [-0.05, 0) is 35.0 Å². The molecule has 10 heteroatoms. The van der Waals surface area contributed by atoms with Crippen LogP contribution in [0.4, 0.5) is 0 Å². The zero-order valence-electron chi connectivity index (χ0n) is 11.0. The number of nitrogens with zero attached hydrogens (tertiary/aromatic N) is 1. The predicted octanol–water partition coefficient (Wildman–Crippen LogP) is 1.02. The number of halogens is 2. The van der Waals surface area contributed by atoms with Gasteiger partial charge in [-0.15, -0.1) is 23.7 Å². The molecule has 1 aromatic rings. The highest BCUT2D eigenvalue weighted by Crippen LogP contribution is 2.25. The lowest BCUT2D eigenvalue weighted by Crippen LogP contribution is -2.44. The summed E-state index contributed by atoms with van der Waals surface area (Å²) in [6.45, 7) is 1.84. The molecule has 1 rings (SSSR count). The zero-order chi connectivity index (χ0) is 14.6. The van der Waals surface area contributed by atoms with Crippen molar-refractivity contribution in [1.82, 2.24) is 9.62 Å². The normalized spacial score (nSPS) is 12.6. The van der Waals surface area contributed by atoms with E-state index in [1.165, 1.54) is 11.0 Å². The van der Waals surface area contributed by atoms with Gasteiger partial charge in [0.2, 0.25) is 5.91 Å². The van der Waals surface area contributed by atoms with Crippen LogP contribution in [0.25, 0.3) is 0 Å². The first kappa shape index (κ1) is 19.8. The number of hydrogen-bond acceptors (Lipinski definition) is 5. The summed E-state index contributed by atoms with van der Waals surface area (Å²) in [6.07, 6.45) is 0. The first-order valence-electron chi connectivity index (χ1n) is 5.48. The average molecular weight is 407 g/mol. The molecule has 0 bridgehead atoms. The van der Waals surface area contributed by atoms with Crippen molar-refractivity contribution in [1.29, 1.82) is 0 Å². The number of thiophene rings is 1. The van der Waals surface area contributed by atoms with E-state index in [4.69, 9.17) is 5.73 Å². The van der Waals surface area contributed by atoms with Crippen molar-refractivity contribution < 1.29 is 13.2 Å². The SMILES string of the molecule is CC(CN)N(C)C(=O)CNS(=O)(=O)c1ccc(Br)s1.Cl. The second-order valence-corrected chi connectivity index (χ2v) is 8.43. The molecule has 0 radical (unpaired) electrons. The van der Waals surface area contributed by atoms with E-state index in [9.17, 15) is 13.2 Å². The summed E-state index contributed by atoms with van der Waals surface area (Å²) in [4.78, 5) is 13.2. The smallest absolute Gasteiger partial charge is 0.250 e. The van der Waals surface area contributed by atoms with E-state index in [0.29, 0.717) is 10.3 Å². The summed E-state index contributed by atoms with van der Waals surface area (Å²) in [7, 11) is -2.05. The molecule has 0 aliphatic carbocycles. The fourth-order valence-electron chi connectivity index (χ4n) is 1.20. The Kier molecular flexibility index (Phi) is 8.22. The summed E-state index contributed by atoms with van der Waals surface area (Å²) in [5, 5.41) is 0. The van der Waals surface area contributed by atoms with Crippen molar-refractivity contribution in [2.45, 2.75) is 17.2 Å².